The number of Topliss-reactive ketones (excluding diaryl/α,β-unsaturated/α-hetero) is 1. The van der Waals surface area contributed by atoms with Crippen molar-refractivity contribution in [3.63, 3.8) is 0 Å². The smallest absolute Gasteiger partial charge is 0.192 e. The quantitative estimate of drug-likeness (QED) is 0.124. The third-order valence-corrected chi connectivity index (χ3v) is 25.3. The predicted octanol–water partition coefficient (Wildman–Crippen LogP) is 9.13. The summed E-state index contributed by atoms with van der Waals surface area (Å²) in [4.78, 5) is 26.9. The number of imidazole rings is 2. The van der Waals surface area contributed by atoms with E-state index in [0.29, 0.717) is 29.0 Å². The Hall–Kier alpha value is -2.27. The summed E-state index contributed by atoms with van der Waals surface area (Å²) in [5, 5.41) is -0.00521. The van der Waals surface area contributed by atoms with Crippen LogP contribution >= 0.6 is 0 Å². The topological polar surface area (TPSA) is 102 Å². The number of ether oxygens (including phenoxy) is 1. The Balaban J connectivity index is 1.66. The molecule has 1 aliphatic heterocycles. The maximum Gasteiger partial charge on any atom is 0.192 e. The molecule has 1 aromatic carbocycles. The molecule has 3 aromatic heterocycles. The summed E-state index contributed by atoms with van der Waals surface area (Å²) >= 11 is 0. The predicted molar refractivity (Wildman–Crippen MR) is 205 cm³/mol. The molecular formula is C36H59N5O5Si3. The second kappa shape index (κ2) is 12.4. The zero-order valence-electron chi connectivity index (χ0n) is 32.7. The normalized spacial score (nSPS) is 21.8. The van der Waals surface area contributed by atoms with Crippen LogP contribution in [0.2, 0.25) is 54.4 Å². The lowest BCUT2D eigenvalue weighted by Crippen LogP contribution is -2.54. The van der Waals surface area contributed by atoms with E-state index in [-0.39, 0.29) is 33.1 Å². The molecule has 10 nitrogen and oxygen atoms in total. The lowest BCUT2D eigenvalue weighted by Gasteiger charge is -2.44. The Morgan fingerprint density at radius 2 is 1.37 bits per heavy atom. The molecule has 0 aliphatic carbocycles. The van der Waals surface area contributed by atoms with Gasteiger partial charge in [-0.25, -0.2) is 15.0 Å². The Labute approximate surface area is 295 Å². The number of aromatic nitrogens is 5. The van der Waals surface area contributed by atoms with Gasteiger partial charge in [-0.3, -0.25) is 13.8 Å². The van der Waals surface area contributed by atoms with Gasteiger partial charge in [-0.2, -0.15) is 0 Å². The number of hydrogen-bond acceptors (Lipinski definition) is 8. The van der Waals surface area contributed by atoms with Crippen LogP contribution in [0.4, 0.5) is 0 Å². The zero-order chi connectivity index (χ0) is 36.7. The van der Waals surface area contributed by atoms with Crippen LogP contribution in [-0.2, 0) is 18.0 Å². The second-order valence-electron chi connectivity index (χ2n) is 18.5. The van der Waals surface area contributed by atoms with Crippen molar-refractivity contribution in [2.45, 2.75) is 148 Å². The third kappa shape index (κ3) is 7.01. The average Bonchev–Trinajstić information content (AvgIpc) is 3.63. The molecule has 0 amide bonds. The van der Waals surface area contributed by atoms with Crippen LogP contribution < -0.4 is 0 Å². The summed E-state index contributed by atoms with van der Waals surface area (Å²) in [6.45, 7) is 36.1. The first-order valence-electron chi connectivity index (χ1n) is 17.6. The van der Waals surface area contributed by atoms with Crippen LogP contribution in [-0.4, -0.2) is 79.6 Å². The summed E-state index contributed by atoms with van der Waals surface area (Å²) in [6, 6.07) is 5.55. The third-order valence-electron chi connectivity index (χ3n) is 11.8. The van der Waals surface area contributed by atoms with E-state index >= 15 is 0 Å². The minimum absolute atomic E-state index is 0.00267. The van der Waals surface area contributed by atoms with Gasteiger partial charge in [0.2, 0.25) is 0 Å². The summed E-state index contributed by atoms with van der Waals surface area (Å²) < 4.78 is 32.5. The molecule has 1 aliphatic rings. The molecule has 1 fully saturated rings. The highest BCUT2D eigenvalue weighted by Gasteiger charge is 2.55. The largest absolute Gasteiger partial charge is 0.414 e. The molecule has 0 saturated carbocycles. The molecule has 4 aromatic rings. The van der Waals surface area contributed by atoms with E-state index in [0.717, 1.165) is 11.0 Å². The lowest BCUT2D eigenvalue weighted by atomic mass is 10.1. The number of benzene rings is 1. The number of ketones is 1. The fourth-order valence-corrected chi connectivity index (χ4v) is 9.03. The van der Waals surface area contributed by atoms with Gasteiger partial charge in [0.1, 0.15) is 24.6 Å². The van der Waals surface area contributed by atoms with Gasteiger partial charge < -0.3 is 18.0 Å². The van der Waals surface area contributed by atoms with Crippen molar-refractivity contribution >= 4 is 58.6 Å². The minimum atomic E-state index is -2.33. The Morgan fingerprint density at radius 3 is 1.92 bits per heavy atom. The fraction of sp³-hybridized carbons (Fsp3) is 0.667. The van der Waals surface area contributed by atoms with Crippen LogP contribution in [0.3, 0.4) is 0 Å². The van der Waals surface area contributed by atoms with Gasteiger partial charge in [-0.05, 0) is 79.5 Å². The van der Waals surface area contributed by atoms with Gasteiger partial charge >= 0.3 is 0 Å². The molecule has 0 bridgehead atoms. The van der Waals surface area contributed by atoms with Crippen molar-refractivity contribution < 1.29 is 22.8 Å². The van der Waals surface area contributed by atoms with Gasteiger partial charge in [-0.1, -0.05) is 62.3 Å². The molecule has 0 spiro atoms. The van der Waals surface area contributed by atoms with Gasteiger partial charge in [0.15, 0.2) is 53.8 Å². The molecule has 0 N–H and O–H groups in total. The summed E-state index contributed by atoms with van der Waals surface area (Å²) in [5.74, 6) is 0.00267. The number of carbonyl (C=O) groups is 1. The molecule has 0 radical (unpaired) electrons. The highest BCUT2D eigenvalue weighted by molar-refractivity contribution is 6.75. The molecular weight excluding hydrogens is 667 g/mol. The molecule has 13 heteroatoms. The number of hydrogen-bond donors (Lipinski definition) is 0. The summed E-state index contributed by atoms with van der Waals surface area (Å²) in [6.07, 6.45) is 1.87. The van der Waals surface area contributed by atoms with Crippen molar-refractivity contribution in [3.8, 4) is 0 Å². The monoisotopic (exact) mass is 725 g/mol. The van der Waals surface area contributed by atoms with Crippen LogP contribution in [0.25, 0.3) is 27.8 Å². The Bertz CT molecular complexity index is 1860. The van der Waals surface area contributed by atoms with Crippen LogP contribution in [0.15, 0.2) is 30.9 Å². The van der Waals surface area contributed by atoms with E-state index in [1.807, 2.05) is 27.2 Å². The van der Waals surface area contributed by atoms with Crippen molar-refractivity contribution in [2.24, 2.45) is 0 Å². The first-order valence-corrected chi connectivity index (χ1v) is 26.3. The van der Waals surface area contributed by atoms with Crippen molar-refractivity contribution in [2.75, 3.05) is 6.61 Å². The highest BCUT2D eigenvalue weighted by Crippen LogP contribution is 2.47. The molecule has 1 saturated heterocycles. The highest BCUT2D eigenvalue weighted by atomic mass is 28.4. The maximum atomic E-state index is 12.1. The van der Waals surface area contributed by atoms with Crippen molar-refractivity contribution in [3.05, 3.63) is 36.4 Å². The van der Waals surface area contributed by atoms with Crippen LogP contribution in [0.5, 0.6) is 0 Å². The van der Waals surface area contributed by atoms with Gasteiger partial charge in [0, 0.05) is 5.56 Å². The fourth-order valence-electron chi connectivity index (χ4n) is 5.41. The first kappa shape index (κ1) is 38.0. The number of rotatable bonds is 9. The summed E-state index contributed by atoms with van der Waals surface area (Å²) in [5.41, 5.74) is 4.19. The second-order valence-corrected chi connectivity index (χ2v) is 32.8. The van der Waals surface area contributed by atoms with Crippen LogP contribution in [0, 0.1) is 0 Å². The SMILES string of the molecule is CC(=O)c1ccc2nc3c4ncn([C@@H]5O[C@H](CO[Si](C)(C)C(C)(C)C)[C@@H](O[Si](C)(C)C(C)(C)C)[C@H]5O[Si](C)(C)C(C)(C)C)c4ncn3c2c1. The average molecular weight is 726 g/mol. The molecule has 49 heavy (non-hydrogen) atoms. The van der Waals surface area contributed by atoms with Gasteiger partial charge in [0.25, 0.3) is 0 Å². The Morgan fingerprint density at radius 1 is 0.796 bits per heavy atom. The molecule has 0 unspecified atom stereocenters. The van der Waals surface area contributed by atoms with E-state index in [1.165, 1.54) is 0 Å². The van der Waals surface area contributed by atoms with Crippen LogP contribution in [0.1, 0.15) is 85.8 Å². The number of nitrogens with zero attached hydrogens (tertiary/aromatic N) is 5. The molecule has 5 rings (SSSR count). The van der Waals surface area contributed by atoms with E-state index in [2.05, 4.69) is 102 Å². The maximum absolute atomic E-state index is 12.1. The van der Waals surface area contributed by atoms with E-state index in [9.17, 15) is 4.79 Å². The lowest BCUT2D eigenvalue weighted by molar-refractivity contribution is -0.0470. The van der Waals surface area contributed by atoms with Gasteiger partial charge in [-0.15, -0.1) is 0 Å². The molecule has 270 valence electrons. The molecule has 4 atom stereocenters. The van der Waals surface area contributed by atoms with E-state index in [4.69, 9.17) is 33.0 Å². The number of fused-ring (bicyclic) bond motifs is 5. The number of carbonyl (C=O) groups excluding carboxylic acids is 1. The minimum Gasteiger partial charge on any atom is -0.414 e. The first-order chi connectivity index (χ1) is 22.3. The molecule has 4 heterocycles. The van der Waals surface area contributed by atoms with Gasteiger partial charge in [0.05, 0.1) is 24.0 Å². The van der Waals surface area contributed by atoms with Crippen molar-refractivity contribution in [1.82, 2.24) is 23.9 Å². The Kier molecular flexibility index (Phi) is 9.65. The van der Waals surface area contributed by atoms with Crippen molar-refractivity contribution in [1.29, 1.82) is 0 Å². The van der Waals surface area contributed by atoms with E-state index < -0.39 is 37.3 Å². The van der Waals surface area contributed by atoms with E-state index in [1.54, 1.807) is 19.6 Å². The standard InChI is InChI=1S/C36H59N5O5Si3/c1-23(42)24-17-18-25-26(19-24)40-22-38-31-28(32(40)39-25)37-21-41(31)33-30(46-49(15,16)36(8,9)10)29(45-48(13,14)35(5,6)7)27(44-33)20-43-47(11,12)34(2,3)4/h17-19,21-22,27,29-30,33H,20H2,1-16H3/t27-,29-,30-,33-/m1/s1. The summed E-state index contributed by atoms with van der Waals surface area (Å²) in [7, 11) is -6.72. The zero-order valence-corrected chi connectivity index (χ0v) is 35.7.